The number of nitrogens with one attached hydrogen (secondary N) is 1. The molecule has 1 heterocycles. The van der Waals surface area contributed by atoms with Gasteiger partial charge >= 0.3 is 12.0 Å². The van der Waals surface area contributed by atoms with Crippen LogP contribution in [0.5, 0.6) is 0 Å². The molecule has 0 bridgehead atoms. The zero-order valence-corrected chi connectivity index (χ0v) is 11.1. The molecule has 100 valence electrons. The van der Waals surface area contributed by atoms with Crippen molar-refractivity contribution in [3.8, 4) is 0 Å². The van der Waals surface area contributed by atoms with Crippen molar-refractivity contribution in [2.24, 2.45) is 0 Å². The van der Waals surface area contributed by atoms with Crippen molar-refractivity contribution in [1.82, 2.24) is 4.98 Å². The summed E-state index contributed by atoms with van der Waals surface area (Å²) >= 11 is 0. The summed E-state index contributed by atoms with van der Waals surface area (Å²) < 4.78 is 10.0. The Morgan fingerprint density at radius 2 is 2.06 bits per heavy atom. The first-order valence-electron chi connectivity index (χ1n) is 5.70. The molecule has 0 aromatic carbocycles. The molecule has 1 rings (SSSR count). The Hall–Kier alpha value is -1.85. The summed E-state index contributed by atoms with van der Waals surface area (Å²) in [5.74, 6) is -0.732. The number of hydrogen-bond donors (Lipinski definition) is 1. The molecule has 0 aliphatic rings. The van der Waals surface area contributed by atoms with Gasteiger partial charge in [0, 0.05) is 6.42 Å². The maximum Gasteiger partial charge on any atom is 0.306 e. The number of amides is 1. The molecule has 0 fully saturated rings. The minimum atomic E-state index is -0.534. The number of esters is 1. The molecule has 6 nitrogen and oxygen atoms in total. The molecule has 1 aromatic heterocycles. The first-order chi connectivity index (χ1) is 8.26. The van der Waals surface area contributed by atoms with Crippen molar-refractivity contribution in [2.45, 2.75) is 46.1 Å². The van der Waals surface area contributed by atoms with E-state index in [1.54, 1.807) is 27.7 Å². The van der Waals surface area contributed by atoms with Crippen LogP contribution in [0.3, 0.4) is 0 Å². The highest BCUT2D eigenvalue weighted by atomic mass is 16.6. The Balaban J connectivity index is 2.31. The molecule has 0 spiro atoms. The maximum atomic E-state index is 11.5. The largest absolute Gasteiger partial charge is 0.460 e. The second-order valence-corrected chi connectivity index (χ2v) is 4.93. The second kappa shape index (κ2) is 5.66. The number of aromatic nitrogens is 1. The van der Waals surface area contributed by atoms with E-state index < -0.39 is 11.6 Å². The molecule has 0 atom stereocenters. The van der Waals surface area contributed by atoms with Gasteiger partial charge in [-0.3, -0.25) is 14.9 Å². The summed E-state index contributed by atoms with van der Waals surface area (Å²) in [5.41, 5.74) is 0.144. The maximum absolute atomic E-state index is 11.5. The van der Waals surface area contributed by atoms with Gasteiger partial charge in [0.1, 0.15) is 11.9 Å². The van der Waals surface area contributed by atoms with Crippen LogP contribution < -0.4 is 5.32 Å². The fourth-order valence-corrected chi connectivity index (χ4v) is 1.20. The van der Waals surface area contributed by atoms with Gasteiger partial charge in [-0.2, -0.15) is 4.98 Å². The highest BCUT2D eigenvalue weighted by Crippen LogP contribution is 2.10. The molecule has 1 aromatic rings. The van der Waals surface area contributed by atoms with Crippen LogP contribution in [-0.2, 0) is 14.3 Å². The van der Waals surface area contributed by atoms with E-state index in [4.69, 9.17) is 9.15 Å². The molecule has 0 radical (unpaired) electrons. The van der Waals surface area contributed by atoms with Crippen LogP contribution in [0.4, 0.5) is 6.01 Å². The third-order valence-electron chi connectivity index (χ3n) is 1.84. The van der Waals surface area contributed by atoms with E-state index in [1.807, 2.05) is 0 Å². The van der Waals surface area contributed by atoms with Crippen molar-refractivity contribution >= 4 is 17.9 Å². The molecule has 0 aliphatic carbocycles. The van der Waals surface area contributed by atoms with E-state index in [0.29, 0.717) is 5.69 Å². The van der Waals surface area contributed by atoms with Crippen LogP contribution in [0.25, 0.3) is 0 Å². The summed E-state index contributed by atoms with van der Waals surface area (Å²) in [6, 6.07) is 0.140. The summed E-state index contributed by atoms with van der Waals surface area (Å²) in [4.78, 5) is 26.8. The average Bonchev–Trinajstić information content (AvgIpc) is 2.58. The van der Waals surface area contributed by atoms with Gasteiger partial charge < -0.3 is 9.15 Å². The summed E-state index contributed by atoms with van der Waals surface area (Å²) in [6.45, 7) is 7.08. The van der Waals surface area contributed by atoms with Gasteiger partial charge in [0.25, 0.3) is 0 Å². The lowest BCUT2D eigenvalue weighted by atomic mass is 10.2. The Morgan fingerprint density at radius 1 is 1.39 bits per heavy atom. The first-order valence-corrected chi connectivity index (χ1v) is 5.70. The zero-order chi connectivity index (χ0) is 13.8. The predicted molar refractivity (Wildman–Crippen MR) is 64.9 cm³/mol. The number of hydrogen-bond acceptors (Lipinski definition) is 5. The van der Waals surface area contributed by atoms with Gasteiger partial charge in [0.2, 0.25) is 5.91 Å². The minimum absolute atomic E-state index is 0.0305. The van der Waals surface area contributed by atoms with E-state index in [0.717, 1.165) is 0 Å². The highest BCUT2D eigenvalue weighted by Gasteiger charge is 2.17. The van der Waals surface area contributed by atoms with E-state index in [1.165, 1.54) is 6.26 Å². The molecule has 0 unspecified atom stereocenters. The van der Waals surface area contributed by atoms with Crippen LogP contribution >= 0.6 is 0 Å². The van der Waals surface area contributed by atoms with Gasteiger partial charge in [-0.15, -0.1) is 0 Å². The number of anilines is 1. The monoisotopic (exact) mass is 254 g/mol. The topological polar surface area (TPSA) is 81.4 Å². The zero-order valence-electron chi connectivity index (χ0n) is 11.1. The third kappa shape index (κ3) is 5.47. The van der Waals surface area contributed by atoms with Gasteiger partial charge in [-0.05, 0) is 27.7 Å². The highest BCUT2D eigenvalue weighted by molar-refractivity contribution is 5.90. The number of oxazole rings is 1. The minimum Gasteiger partial charge on any atom is -0.460 e. The number of carbonyl (C=O) groups excluding carboxylic acids is 2. The summed E-state index contributed by atoms with van der Waals surface area (Å²) in [6.07, 6.45) is 1.50. The fourth-order valence-electron chi connectivity index (χ4n) is 1.20. The summed E-state index contributed by atoms with van der Waals surface area (Å²) in [7, 11) is 0. The number of aryl methyl sites for hydroxylation is 1. The van der Waals surface area contributed by atoms with Crippen molar-refractivity contribution < 1.29 is 18.7 Å². The SMILES string of the molecule is Cc1coc(NC(=O)CCC(=O)OC(C)(C)C)n1. The molecule has 0 aliphatic heterocycles. The lowest BCUT2D eigenvalue weighted by molar-refractivity contribution is -0.155. The molecular weight excluding hydrogens is 236 g/mol. The van der Waals surface area contributed by atoms with Crippen molar-refractivity contribution in [1.29, 1.82) is 0 Å². The smallest absolute Gasteiger partial charge is 0.306 e. The van der Waals surface area contributed by atoms with Crippen molar-refractivity contribution in [3.63, 3.8) is 0 Å². The van der Waals surface area contributed by atoms with Crippen LogP contribution in [-0.4, -0.2) is 22.5 Å². The first kappa shape index (κ1) is 14.2. The van der Waals surface area contributed by atoms with Crippen LogP contribution in [0.1, 0.15) is 39.3 Å². The Kier molecular flexibility index (Phi) is 4.47. The lowest BCUT2D eigenvalue weighted by Gasteiger charge is -2.19. The van der Waals surface area contributed by atoms with E-state index in [-0.39, 0.29) is 24.8 Å². The fraction of sp³-hybridized carbons (Fsp3) is 0.583. The Bertz CT molecular complexity index is 432. The van der Waals surface area contributed by atoms with Crippen molar-refractivity contribution in [2.75, 3.05) is 5.32 Å². The molecule has 6 heteroatoms. The molecule has 1 amide bonds. The van der Waals surface area contributed by atoms with Gasteiger partial charge in [-0.25, -0.2) is 0 Å². The second-order valence-electron chi connectivity index (χ2n) is 4.93. The standard InChI is InChI=1S/C12H18N2O4/c1-8-7-17-11(13-8)14-9(15)5-6-10(16)18-12(2,3)4/h7H,5-6H2,1-4H3,(H,13,14,15). The number of nitrogens with zero attached hydrogens (tertiary/aromatic N) is 1. The van der Waals surface area contributed by atoms with Crippen molar-refractivity contribution in [3.05, 3.63) is 12.0 Å². The number of rotatable bonds is 4. The van der Waals surface area contributed by atoms with Crippen LogP contribution in [0.2, 0.25) is 0 Å². The van der Waals surface area contributed by atoms with E-state index in [2.05, 4.69) is 10.3 Å². The quantitative estimate of drug-likeness (QED) is 0.831. The lowest BCUT2D eigenvalue weighted by Crippen LogP contribution is -2.24. The predicted octanol–water partition coefficient (Wildman–Crippen LogP) is 2.04. The molecule has 18 heavy (non-hydrogen) atoms. The van der Waals surface area contributed by atoms with E-state index >= 15 is 0 Å². The van der Waals surface area contributed by atoms with Gasteiger partial charge in [0.15, 0.2) is 0 Å². The van der Waals surface area contributed by atoms with E-state index in [9.17, 15) is 9.59 Å². The normalized spacial score (nSPS) is 11.1. The number of carbonyl (C=O) groups is 2. The van der Waals surface area contributed by atoms with Crippen LogP contribution in [0, 0.1) is 6.92 Å². The average molecular weight is 254 g/mol. The molecule has 1 N–H and O–H groups in total. The molecular formula is C12H18N2O4. The van der Waals surface area contributed by atoms with Gasteiger partial charge in [-0.1, -0.05) is 0 Å². The van der Waals surface area contributed by atoms with Gasteiger partial charge in [0.05, 0.1) is 12.1 Å². The van der Waals surface area contributed by atoms with Crippen LogP contribution in [0.15, 0.2) is 10.7 Å². The number of ether oxygens (including phenoxy) is 1. The third-order valence-corrected chi connectivity index (χ3v) is 1.84. The molecule has 0 saturated heterocycles. The Morgan fingerprint density at radius 3 is 2.56 bits per heavy atom. The molecule has 0 saturated carbocycles. The summed E-state index contributed by atoms with van der Waals surface area (Å²) in [5, 5.41) is 2.46. The Labute approximate surface area is 106 Å².